The number of carbonyl (C=O) groups is 2. The van der Waals surface area contributed by atoms with Gasteiger partial charge in [-0.1, -0.05) is 55.3 Å². The van der Waals surface area contributed by atoms with Crippen LogP contribution in [0.4, 0.5) is 0 Å². The summed E-state index contributed by atoms with van der Waals surface area (Å²) < 4.78 is 5.50. The predicted octanol–water partition coefficient (Wildman–Crippen LogP) is 3.59. The van der Waals surface area contributed by atoms with Gasteiger partial charge in [0.2, 0.25) is 5.91 Å². The Morgan fingerprint density at radius 2 is 1.66 bits per heavy atom. The standard InChI is InChI=1S/C25H32ClN3O3/c1-17(2)23(28-24(30)20-6-4-18(3)5-7-20)25(31)27-16-22(29-12-14-32-15-13-29)19-8-10-21(26)11-9-19/h4-11,17,22-23H,12-16H2,1-3H3,(H,27,31)(H,28,30). The minimum atomic E-state index is -0.626. The summed E-state index contributed by atoms with van der Waals surface area (Å²) in [5.41, 5.74) is 2.71. The van der Waals surface area contributed by atoms with Gasteiger partial charge in [0.15, 0.2) is 0 Å². The number of halogens is 1. The molecule has 7 heteroatoms. The van der Waals surface area contributed by atoms with Gasteiger partial charge in [-0.3, -0.25) is 14.5 Å². The first-order valence-corrected chi connectivity index (χ1v) is 11.5. The zero-order chi connectivity index (χ0) is 23.1. The molecule has 172 valence electrons. The summed E-state index contributed by atoms with van der Waals surface area (Å²) >= 11 is 6.07. The van der Waals surface area contributed by atoms with Crippen molar-refractivity contribution in [2.24, 2.45) is 5.92 Å². The number of rotatable bonds is 8. The van der Waals surface area contributed by atoms with E-state index in [1.54, 1.807) is 12.1 Å². The minimum Gasteiger partial charge on any atom is -0.379 e. The third-order valence-electron chi connectivity index (χ3n) is 5.76. The number of hydrogen-bond donors (Lipinski definition) is 2. The fourth-order valence-electron chi connectivity index (χ4n) is 3.80. The number of carbonyl (C=O) groups excluding carboxylic acids is 2. The first-order valence-electron chi connectivity index (χ1n) is 11.1. The second-order valence-corrected chi connectivity index (χ2v) is 8.96. The van der Waals surface area contributed by atoms with Crippen LogP contribution in [0.25, 0.3) is 0 Å². The van der Waals surface area contributed by atoms with Gasteiger partial charge in [0.25, 0.3) is 5.91 Å². The third kappa shape index (κ3) is 6.55. The van der Waals surface area contributed by atoms with Crippen LogP contribution in [0.3, 0.4) is 0 Å². The summed E-state index contributed by atoms with van der Waals surface area (Å²) in [6.07, 6.45) is 0. The number of benzene rings is 2. The maximum atomic E-state index is 13.1. The predicted molar refractivity (Wildman–Crippen MR) is 127 cm³/mol. The van der Waals surface area contributed by atoms with Gasteiger partial charge in [0, 0.05) is 30.2 Å². The van der Waals surface area contributed by atoms with Crippen LogP contribution in [0, 0.1) is 12.8 Å². The first kappa shape index (κ1) is 24.2. The molecule has 0 radical (unpaired) electrons. The highest BCUT2D eigenvalue weighted by atomic mass is 35.5. The normalized spacial score (nSPS) is 16.4. The monoisotopic (exact) mass is 457 g/mol. The molecule has 2 aromatic rings. The molecule has 2 aromatic carbocycles. The van der Waals surface area contributed by atoms with E-state index in [4.69, 9.17) is 16.3 Å². The molecule has 1 aliphatic heterocycles. The number of amides is 2. The van der Waals surface area contributed by atoms with E-state index in [1.165, 1.54) is 0 Å². The summed E-state index contributed by atoms with van der Waals surface area (Å²) in [7, 11) is 0. The van der Waals surface area contributed by atoms with Crippen molar-refractivity contribution in [1.29, 1.82) is 0 Å². The van der Waals surface area contributed by atoms with Gasteiger partial charge in [-0.15, -0.1) is 0 Å². The van der Waals surface area contributed by atoms with Crippen LogP contribution < -0.4 is 10.6 Å². The Kier molecular flexibility index (Phi) is 8.67. The van der Waals surface area contributed by atoms with Gasteiger partial charge in [-0.25, -0.2) is 0 Å². The zero-order valence-electron chi connectivity index (χ0n) is 18.9. The minimum absolute atomic E-state index is 0.000675. The van der Waals surface area contributed by atoms with Crippen molar-refractivity contribution >= 4 is 23.4 Å². The summed E-state index contributed by atoms with van der Waals surface area (Å²) in [6, 6.07) is 14.4. The van der Waals surface area contributed by atoms with E-state index in [0.29, 0.717) is 30.3 Å². The van der Waals surface area contributed by atoms with Crippen LogP contribution in [-0.4, -0.2) is 55.6 Å². The average molecular weight is 458 g/mol. The number of nitrogens with zero attached hydrogens (tertiary/aromatic N) is 1. The molecular weight excluding hydrogens is 426 g/mol. The number of hydrogen-bond acceptors (Lipinski definition) is 4. The lowest BCUT2D eigenvalue weighted by Gasteiger charge is -2.35. The lowest BCUT2D eigenvalue weighted by atomic mass is 10.0. The highest BCUT2D eigenvalue weighted by molar-refractivity contribution is 6.30. The average Bonchev–Trinajstić information content (AvgIpc) is 2.79. The van der Waals surface area contributed by atoms with E-state index >= 15 is 0 Å². The number of ether oxygens (including phenoxy) is 1. The molecule has 6 nitrogen and oxygen atoms in total. The topological polar surface area (TPSA) is 70.7 Å². The van der Waals surface area contributed by atoms with Crippen LogP contribution in [0.15, 0.2) is 48.5 Å². The molecule has 0 saturated carbocycles. The molecule has 2 atom stereocenters. The summed E-state index contributed by atoms with van der Waals surface area (Å²) in [5.74, 6) is -0.490. The number of aryl methyl sites for hydroxylation is 1. The molecule has 1 heterocycles. The van der Waals surface area contributed by atoms with Crippen LogP contribution in [0.1, 0.15) is 41.4 Å². The first-order chi connectivity index (χ1) is 15.3. The Morgan fingerprint density at radius 3 is 2.25 bits per heavy atom. The second-order valence-electron chi connectivity index (χ2n) is 8.52. The molecule has 2 amide bonds. The molecule has 2 unspecified atom stereocenters. The molecule has 0 aromatic heterocycles. The van der Waals surface area contributed by atoms with Gasteiger partial charge in [0.05, 0.1) is 19.3 Å². The quantitative estimate of drug-likeness (QED) is 0.635. The van der Waals surface area contributed by atoms with Gasteiger partial charge in [0.1, 0.15) is 6.04 Å². The van der Waals surface area contributed by atoms with Gasteiger partial charge >= 0.3 is 0 Å². The van der Waals surface area contributed by atoms with Crippen molar-refractivity contribution in [2.45, 2.75) is 32.9 Å². The largest absolute Gasteiger partial charge is 0.379 e. The fraction of sp³-hybridized carbons (Fsp3) is 0.440. The van der Waals surface area contributed by atoms with E-state index in [-0.39, 0.29) is 23.8 Å². The Morgan fingerprint density at radius 1 is 1.03 bits per heavy atom. The Balaban J connectivity index is 1.68. The molecule has 32 heavy (non-hydrogen) atoms. The van der Waals surface area contributed by atoms with Crippen molar-refractivity contribution < 1.29 is 14.3 Å². The number of morpholine rings is 1. The van der Waals surface area contributed by atoms with Crippen LogP contribution in [0.2, 0.25) is 5.02 Å². The highest BCUT2D eigenvalue weighted by Crippen LogP contribution is 2.23. The van der Waals surface area contributed by atoms with Gasteiger partial charge < -0.3 is 15.4 Å². The van der Waals surface area contributed by atoms with Crippen LogP contribution in [0.5, 0.6) is 0 Å². The Labute approximate surface area is 195 Å². The highest BCUT2D eigenvalue weighted by Gasteiger charge is 2.28. The maximum Gasteiger partial charge on any atom is 0.251 e. The van der Waals surface area contributed by atoms with Crippen molar-refractivity contribution in [3.8, 4) is 0 Å². The van der Waals surface area contributed by atoms with Crippen molar-refractivity contribution in [3.63, 3.8) is 0 Å². The Bertz CT molecular complexity index is 894. The van der Waals surface area contributed by atoms with Gasteiger partial charge in [-0.2, -0.15) is 0 Å². The molecular formula is C25H32ClN3O3. The Hall–Kier alpha value is -2.41. The molecule has 2 N–H and O–H groups in total. The van der Waals surface area contributed by atoms with Crippen LogP contribution >= 0.6 is 11.6 Å². The lowest BCUT2D eigenvalue weighted by Crippen LogP contribution is -2.52. The maximum absolute atomic E-state index is 13.1. The third-order valence-corrected chi connectivity index (χ3v) is 6.01. The van der Waals surface area contributed by atoms with Crippen molar-refractivity contribution in [1.82, 2.24) is 15.5 Å². The molecule has 0 aliphatic carbocycles. The van der Waals surface area contributed by atoms with E-state index in [9.17, 15) is 9.59 Å². The molecule has 3 rings (SSSR count). The summed E-state index contributed by atoms with van der Waals surface area (Å²) in [5, 5.41) is 6.65. The fourth-order valence-corrected chi connectivity index (χ4v) is 3.93. The zero-order valence-corrected chi connectivity index (χ0v) is 19.7. The van der Waals surface area contributed by atoms with Crippen LogP contribution in [-0.2, 0) is 9.53 Å². The lowest BCUT2D eigenvalue weighted by molar-refractivity contribution is -0.124. The summed E-state index contributed by atoms with van der Waals surface area (Å²) in [6.45, 7) is 9.18. The second kappa shape index (κ2) is 11.5. The van der Waals surface area contributed by atoms with E-state index < -0.39 is 6.04 Å². The SMILES string of the molecule is Cc1ccc(C(=O)NC(C(=O)NCC(c2ccc(Cl)cc2)N2CCOCC2)C(C)C)cc1. The van der Waals surface area contributed by atoms with Crippen molar-refractivity contribution in [3.05, 3.63) is 70.2 Å². The molecule has 1 fully saturated rings. The molecule has 0 bridgehead atoms. The number of nitrogens with one attached hydrogen (secondary N) is 2. The smallest absolute Gasteiger partial charge is 0.251 e. The van der Waals surface area contributed by atoms with E-state index in [0.717, 1.165) is 24.2 Å². The van der Waals surface area contributed by atoms with E-state index in [1.807, 2.05) is 57.2 Å². The van der Waals surface area contributed by atoms with Crippen molar-refractivity contribution in [2.75, 3.05) is 32.8 Å². The molecule has 1 saturated heterocycles. The summed E-state index contributed by atoms with van der Waals surface area (Å²) in [4.78, 5) is 28.1. The molecule has 0 spiro atoms. The molecule has 1 aliphatic rings. The van der Waals surface area contributed by atoms with E-state index in [2.05, 4.69) is 15.5 Å². The van der Waals surface area contributed by atoms with Gasteiger partial charge in [-0.05, 0) is 42.7 Å².